The lowest BCUT2D eigenvalue weighted by molar-refractivity contribution is -0.137. The third kappa shape index (κ3) is 4.30. The maximum atomic E-state index is 12.5. The molecule has 1 aliphatic heterocycles. The van der Waals surface area contributed by atoms with E-state index < -0.39 is 0 Å². The fraction of sp³-hybridized carbons (Fsp3) is 0.450. The molecule has 1 atom stereocenters. The second-order valence-corrected chi connectivity index (χ2v) is 8.06. The van der Waals surface area contributed by atoms with Crippen molar-refractivity contribution in [1.29, 1.82) is 0 Å². The van der Waals surface area contributed by atoms with Crippen molar-refractivity contribution in [3.05, 3.63) is 52.0 Å². The average molecular weight is 372 g/mol. The van der Waals surface area contributed by atoms with Gasteiger partial charge in [-0.3, -0.25) is 9.59 Å². The highest BCUT2D eigenvalue weighted by Gasteiger charge is 2.32. The van der Waals surface area contributed by atoms with Gasteiger partial charge in [-0.25, -0.2) is 4.98 Å². The summed E-state index contributed by atoms with van der Waals surface area (Å²) in [5, 5.41) is 3.09. The molecule has 6 heteroatoms. The van der Waals surface area contributed by atoms with E-state index in [9.17, 15) is 9.59 Å². The van der Waals surface area contributed by atoms with Gasteiger partial charge >= 0.3 is 0 Å². The molecule has 1 saturated heterocycles. The summed E-state index contributed by atoms with van der Waals surface area (Å²) in [6.07, 6.45) is 0.477. The van der Waals surface area contributed by atoms with Crippen molar-refractivity contribution in [2.75, 3.05) is 20.1 Å². The molecule has 0 saturated carbocycles. The molecule has 2 heterocycles. The molecule has 3 rings (SSSR count). The average Bonchev–Trinajstić information content (AvgIpc) is 3.23. The van der Waals surface area contributed by atoms with Crippen LogP contribution >= 0.6 is 11.3 Å². The molecule has 0 bridgehead atoms. The maximum absolute atomic E-state index is 12.5. The minimum atomic E-state index is -0.0499. The summed E-state index contributed by atoms with van der Waals surface area (Å²) in [5.41, 5.74) is 2.07. The molecule has 2 amide bonds. The van der Waals surface area contributed by atoms with E-state index in [0.717, 1.165) is 16.3 Å². The zero-order valence-corrected chi connectivity index (χ0v) is 16.3. The van der Waals surface area contributed by atoms with Crippen LogP contribution in [0.15, 0.2) is 35.7 Å². The molecular formula is C20H25N3O2S. The molecule has 0 unspecified atom stereocenters. The number of carbonyl (C=O) groups is 2. The standard InChI is InChI=1S/C20H25N3O2S/c1-14(2)20-21-17(13-26-20)11-22(3)19(25)12-23-10-16(9-18(23)24)15-7-5-4-6-8-15/h4-8,13-14,16H,9-12H2,1-3H3/t16-/m0/s1. The lowest BCUT2D eigenvalue weighted by atomic mass is 9.99. The van der Waals surface area contributed by atoms with Crippen LogP contribution in [-0.2, 0) is 16.1 Å². The van der Waals surface area contributed by atoms with Crippen molar-refractivity contribution in [2.24, 2.45) is 0 Å². The number of benzene rings is 1. The molecular weight excluding hydrogens is 346 g/mol. The lowest BCUT2D eigenvalue weighted by Gasteiger charge is -2.21. The van der Waals surface area contributed by atoms with Crippen LogP contribution < -0.4 is 0 Å². The van der Waals surface area contributed by atoms with Crippen LogP contribution in [0.25, 0.3) is 0 Å². The Kier molecular flexibility index (Phi) is 5.71. The predicted molar refractivity (Wildman–Crippen MR) is 103 cm³/mol. The largest absolute Gasteiger partial charge is 0.338 e. The molecule has 138 valence electrons. The van der Waals surface area contributed by atoms with Crippen molar-refractivity contribution in [2.45, 2.75) is 38.6 Å². The van der Waals surface area contributed by atoms with Crippen LogP contribution in [0.1, 0.15) is 48.4 Å². The summed E-state index contributed by atoms with van der Waals surface area (Å²) in [5.74, 6) is 0.573. The second kappa shape index (κ2) is 7.99. The van der Waals surface area contributed by atoms with Crippen molar-refractivity contribution in [3.8, 4) is 0 Å². The van der Waals surface area contributed by atoms with E-state index in [1.54, 1.807) is 28.2 Å². The Morgan fingerprint density at radius 1 is 1.35 bits per heavy atom. The minimum Gasteiger partial charge on any atom is -0.338 e. The van der Waals surface area contributed by atoms with Crippen molar-refractivity contribution in [3.63, 3.8) is 0 Å². The smallest absolute Gasteiger partial charge is 0.242 e. The van der Waals surface area contributed by atoms with Crippen molar-refractivity contribution < 1.29 is 9.59 Å². The molecule has 0 spiro atoms. The van der Waals surface area contributed by atoms with Gasteiger partial charge in [-0.05, 0) is 5.56 Å². The number of nitrogens with zero attached hydrogens (tertiary/aromatic N) is 3. The number of carbonyl (C=O) groups excluding carboxylic acids is 2. The molecule has 1 aromatic heterocycles. The number of hydrogen-bond donors (Lipinski definition) is 0. The van der Waals surface area contributed by atoms with Gasteiger partial charge in [-0.2, -0.15) is 0 Å². The summed E-state index contributed by atoms with van der Waals surface area (Å²) in [7, 11) is 1.77. The number of thiazole rings is 1. The van der Waals surface area contributed by atoms with Crippen LogP contribution in [0.5, 0.6) is 0 Å². The summed E-state index contributed by atoms with van der Waals surface area (Å²) < 4.78 is 0. The summed E-state index contributed by atoms with van der Waals surface area (Å²) >= 11 is 1.63. The highest BCUT2D eigenvalue weighted by atomic mass is 32.1. The van der Waals surface area contributed by atoms with Gasteiger partial charge in [0.15, 0.2) is 0 Å². The quantitative estimate of drug-likeness (QED) is 0.783. The first kappa shape index (κ1) is 18.6. The number of rotatable bonds is 6. The number of amides is 2. The Morgan fingerprint density at radius 2 is 2.08 bits per heavy atom. The first-order valence-electron chi connectivity index (χ1n) is 8.95. The molecule has 0 radical (unpaired) electrons. The molecule has 0 aliphatic carbocycles. The Morgan fingerprint density at radius 3 is 2.73 bits per heavy atom. The van der Waals surface area contributed by atoms with Gasteiger partial charge in [0.1, 0.15) is 0 Å². The van der Waals surface area contributed by atoms with Crippen molar-refractivity contribution in [1.82, 2.24) is 14.8 Å². The van der Waals surface area contributed by atoms with E-state index in [0.29, 0.717) is 25.4 Å². The Labute approximate surface area is 158 Å². The Balaban J connectivity index is 1.56. The fourth-order valence-corrected chi connectivity index (χ4v) is 3.98. The fourth-order valence-electron chi connectivity index (χ4n) is 3.15. The third-order valence-corrected chi connectivity index (χ3v) is 5.89. The molecule has 0 N–H and O–H groups in total. The van der Waals surface area contributed by atoms with Gasteiger partial charge in [-0.1, -0.05) is 44.2 Å². The number of hydrogen-bond acceptors (Lipinski definition) is 4. The monoisotopic (exact) mass is 371 g/mol. The molecule has 26 heavy (non-hydrogen) atoms. The lowest BCUT2D eigenvalue weighted by Crippen LogP contribution is -2.38. The van der Waals surface area contributed by atoms with Gasteiger partial charge in [-0.15, -0.1) is 11.3 Å². The van der Waals surface area contributed by atoms with Gasteiger partial charge in [0, 0.05) is 37.2 Å². The van der Waals surface area contributed by atoms with Crippen LogP contribution in [0.3, 0.4) is 0 Å². The van der Waals surface area contributed by atoms with Crippen LogP contribution in [0, 0.1) is 0 Å². The van der Waals surface area contributed by atoms with E-state index in [-0.39, 0.29) is 24.3 Å². The van der Waals surface area contributed by atoms with Crippen molar-refractivity contribution >= 4 is 23.2 Å². The number of likely N-dealkylation sites (N-methyl/N-ethyl adjacent to an activating group) is 1. The van der Waals surface area contributed by atoms with E-state index >= 15 is 0 Å². The Hall–Kier alpha value is -2.21. The van der Waals surface area contributed by atoms with Gasteiger partial charge in [0.05, 0.1) is 23.8 Å². The van der Waals surface area contributed by atoms with Gasteiger partial charge in [0.25, 0.3) is 0 Å². The maximum Gasteiger partial charge on any atom is 0.242 e. The molecule has 1 aliphatic rings. The van der Waals surface area contributed by atoms with Crippen LogP contribution in [0.2, 0.25) is 0 Å². The molecule has 1 fully saturated rings. The summed E-state index contributed by atoms with van der Waals surface area (Å²) in [6.45, 7) is 5.45. The van der Waals surface area contributed by atoms with Gasteiger partial charge in [0.2, 0.25) is 11.8 Å². The first-order valence-corrected chi connectivity index (χ1v) is 9.83. The zero-order valence-electron chi connectivity index (χ0n) is 15.5. The highest BCUT2D eigenvalue weighted by Crippen LogP contribution is 2.28. The third-order valence-electron chi connectivity index (χ3n) is 4.70. The molecule has 2 aromatic rings. The summed E-state index contributed by atoms with van der Waals surface area (Å²) in [4.78, 5) is 32.7. The number of aromatic nitrogens is 1. The SMILES string of the molecule is CC(C)c1nc(CN(C)C(=O)CN2C[C@@H](c3ccccc3)CC2=O)cs1. The zero-order chi connectivity index (χ0) is 18.7. The topological polar surface area (TPSA) is 53.5 Å². The van der Waals surface area contributed by atoms with E-state index in [1.165, 1.54) is 0 Å². The molecule has 1 aromatic carbocycles. The number of likely N-dealkylation sites (tertiary alicyclic amines) is 1. The first-order chi connectivity index (χ1) is 12.4. The minimum absolute atomic E-state index is 0.0499. The van der Waals surface area contributed by atoms with Crippen LogP contribution in [-0.4, -0.2) is 46.7 Å². The predicted octanol–water partition coefficient (Wildman–Crippen LogP) is 3.24. The normalized spacial score (nSPS) is 17.2. The second-order valence-electron chi connectivity index (χ2n) is 7.17. The van der Waals surface area contributed by atoms with Gasteiger partial charge < -0.3 is 9.80 Å². The molecule has 5 nitrogen and oxygen atoms in total. The van der Waals surface area contributed by atoms with E-state index in [4.69, 9.17) is 0 Å². The van der Waals surface area contributed by atoms with E-state index in [1.807, 2.05) is 35.7 Å². The Bertz CT molecular complexity index is 772. The van der Waals surface area contributed by atoms with Crippen LogP contribution in [0.4, 0.5) is 0 Å². The summed E-state index contributed by atoms with van der Waals surface area (Å²) in [6, 6.07) is 10.0. The van der Waals surface area contributed by atoms with E-state index in [2.05, 4.69) is 18.8 Å². The highest BCUT2D eigenvalue weighted by molar-refractivity contribution is 7.09.